The van der Waals surface area contributed by atoms with Crippen molar-refractivity contribution in [3.8, 4) is 5.75 Å². The zero-order chi connectivity index (χ0) is 15.3. The fourth-order valence-electron chi connectivity index (χ4n) is 2.37. The average molecular weight is 290 g/mol. The number of ether oxygens (including phenoxy) is 1. The zero-order valence-electron chi connectivity index (χ0n) is 13.3. The first-order valence-electron chi connectivity index (χ1n) is 7.68. The second-order valence-corrected chi connectivity index (χ2v) is 6.61. The van der Waals surface area contributed by atoms with Gasteiger partial charge in [0.15, 0.2) is 0 Å². The number of rotatable bonds is 4. The Morgan fingerprint density at radius 2 is 1.86 bits per heavy atom. The molecule has 1 aliphatic heterocycles. The lowest BCUT2D eigenvalue weighted by Gasteiger charge is -2.33. The summed E-state index contributed by atoms with van der Waals surface area (Å²) in [6, 6.07) is 9.89. The van der Waals surface area contributed by atoms with Gasteiger partial charge < -0.3 is 15.0 Å². The van der Waals surface area contributed by atoms with Crippen LogP contribution in [0.25, 0.3) is 0 Å². The van der Waals surface area contributed by atoms with Crippen LogP contribution in [0, 0.1) is 0 Å². The minimum Gasteiger partial charge on any atom is -0.490 e. The molecule has 21 heavy (non-hydrogen) atoms. The number of amides is 1. The van der Waals surface area contributed by atoms with Crippen LogP contribution in [0.3, 0.4) is 0 Å². The van der Waals surface area contributed by atoms with Crippen molar-refractivity contribution in [1.29, 1.82) is 0 Å². The lowest BCUT2D eigenvalue weighted by molar-refractivity contribution is -0.132. The van der Waals surface area contributed by atoms with Gasteiger partial charge in [-0.05, 0) is 32.9 Å². The Kier molecular flexibility index (Phi) is 5.23. The second-order valence-electron chi connectivity index (χ2n) is 6.61. The lowest BCUT2D eigenvalue weighted by Crippen LogP contribution is -2.48. The third-order valence-corrected chi connectivity index (χ3v) is 3.61. The monoisotopic (exact) mass is 290 g/mol. The Hall–Kier alpha value is -1.55. The molecular formula is C17H26N2O2. The van der Waals surface area contributed by atoms with Gasteiger partial charge in [0, 0.05) is 31.5 Å². The van der Waals surface area contributed by atoms with Crippen molar-refractivity contribution in [3.05, 3.63) is 30.3 Å². The molecule has 0 aromatic heterocycles. The third kappa shape index (κ3) is 5.38. The van der Waals surface area contributed by atoms with E-state index in [0.717, 1.165) is 31.7 Å². The first kappa shape index (κ1) is 15.8. The Labute approximate surface area is 127 Å². The standard InChI is InChI=1S/C17H26N2O2/c1-17(2,3)18-13-16(20)19-11-9-15(10-12-19)21-14-7-5-4-6-8-14/h4-8,15,18H,9-13H2,1-3H3. The minimum absolute atomic E-state index is 0.0234. The molecule has 2 rings (SSSR count). The molecule has 116 valence electrons. The summed E-state index contributed by atoms with van der Waals surface area (Å²) in [4.78, 5) is 14.1. The highest BCUT2D eigenvalue weighted by molar-refractivity contribution is 5.78. The molecule has 0 bridgehead atoms. The van der Waals surface area contributed by atoms with Gasteiger partial charge in [-0.1, -0.05) is 18.2 Å². The van der Waals surface area contributed by atoms with E-state index in [4.69, 9.17) is 4.74 Å². The predicted octanol–water partition coefficient (Wildman–Crippen LogP) is 2.44. The Morgan fingerprint density at radius 1 is 1.24 bits per heavy atom. The van der Waals surface area contributed by atoms with Crippen LogP contribution in [0.5, 0.6) is 5.75 Å². The van der Waals surface area contributed by atoms with Crippen LogP contribution in [0.4, 0.5) is 0 Å². The van der Waals surface area contributed by atoms with Gasteiger partial charge in [-0.2, -0.15) is 0 Å². The van der Waals surface area contributed by atoms with E-state index in [0.29, 0.717) is 6.54 Å². The van der Waals surface area contributed by atoms with E-state index in [1.165, 1.54) is 0 Å². The molecule has 1 N–H and O–H groups in total. The SMILES string of the molecule is CC(C)(C)NCC(=O)N1CCC(Oc2ccccc2)CC1. The van der Waals surface area contributed by atoms with Gasteiger partial charge in [0.1, 0.15) is 11.9 Å². The molecule has 4 heteroatoms. The number of hydrogen-bond acceptors (Lipinski definition) is 3. The number of para-hydroxylation sites is 1. The molecule has 1 heterocycles. The van der Waals surface area contributed by atoms with Gasteiger partial charge in [0.05, 0.1) is 6.54 Å². The first-order valence-corrected chi connectivity index (χ1v) is 7.68. The maximum Gasteiger partial charge on any atom is 0.236 e. The molecule has 1 aliphatic rings. The van der Waals surface area contributed by atoms with Crippen molar-refractivity contribution in [1.82, 2.24) is 10.2 Å². The molecule has 0 spiro atoms. The largest absolute Gasteiger partial charge is 0.490 e. The van der Waals surface area contributed by atoms with Crippen molar-refractivity contribution in [3.63, 3.8) is 0 Å². The highest BCUT2D eigenvalue weighted by Gasteiger charge is 2.24. The molecule has 1 aromatic carbocycles. The van der Waals surface area contributed by atoms with Gasteiger partial charge in [-0.25, -0.2) is 0 Å². The summed E-state index contributed by atoms with van der Waals surface area (Å²) < 4.78 is 5.94. The Bertz CT molecular complexity index is 446. The number of carbonyl (C=O) groups is 1. The van der Waals surface area contributed by atoms with Crippen molar-refractivity contribution in [2.45, 2.75) is 45.3 Å². The fourth-order valence-corrected chi connectivity index (χ4v) is 2.37. The predicted molar refractivity (Wildman–Crippen MR) is 84.4 cm³/mol. The molecule has 0 atom stereocenters. The smallest absolute Gasteiger partial charge is 0.236 e. The molecule has 1 amide bonds. The molecule has 1 saturated heterocycles. The molecule has 4 nitrogen and oxygen atoms in total. The Morgan fingerprint density at radius 3 is 2.43 bits per heavy atom. The van der Waals surface area contributed by atoms with E-state index in [-0.39, 0.29) is 17.6 Å². The maximum absolute atomic E-state index is 12.1. The van der Waals surface area contributed by atoms with Crippen LogP contribution < -0.4 is 10.1 Å². The molecule has 0 radical (unpaired) electrons. The Balaban J connectivity index is 1.74. The maximum atomic E-state index is 12.1. The molecule has 0 aliphatic carbocycles. The first-order chi connectivity index (χ1) is 9.94. The topological polar surface area (TPSA) is 41.6 Å². The van der Waals surface area contributed by atoms with Gasteiger partial charge in [-0.3, -0.25) is 4.79 Å². The summed E-state index contributed by atoms with van der Waals surface area (Å²) in [7, 11) is 0. The highest BCUT2D eigenvalue weighted by Crippen LogP contribution is 2.18. The number of nitrogens with one attached hydrogen (secondary N) is 1. The average Bonchev–Trinajstić information content (AvgIpc) is 2.46. The van der Waals surface area contributed by atoms with E-state index >= 15 is 0 Å². The highest BCUT2D eigenvalue weighted by atomic mass is 16.5. The van der Waals surface area contributed by atoms with Crippen molar-refractivity contribution in [2.24, 2.45) is 0 Å². The van der Waals surface area contributed by atoms with E-state index in [2.05, 4.69) is 26.1 Å². The summed E-state index contributed by atoms with van der Waals surface area (Å²) in [6.07, 6.45) is 2.01. The van der Waals surface area contributed by atoms with E-state index < -0.39 is 0 Å². The van der Waals surface area contributed by atoms with Gasteiger partial charge >= 0.3 is 0 Å². The number of likely N-dealkylation sites (tertiary alicyclic amines) is 1. The normalized spacial score (nSPS) is 16.8. The summed E-state index contributed by atoms with van der Waals surface area (Å²) in [5.41, 5.74) is -0.0234. The lowest BCUT2D eigenvalue weighted by atomic mass is 10.1. The number of nitrogens with zero attached hydrogens (tertiary/aromatic N) is 1. The third-order valence-electron chi connectivity index (χ3n) is 3.61. The van der Waals surface area contributed by atoms with Gasteiger partial charge in [0.25, 0.3) is 0 Å². The number of piperidine rings is 1. The van der Waals surface area contributed by atoms with Crippen molar-refractivity contribution >= 4 is 5.91 Å². The molecule has 1 aromatic rings. The van der Waals surface area contributed by atoms with E-state index in [9.17, 15) is 4.79 Å². The molecule has 0 unspecified atom stereocenters. The van der Waals surface area contributed by atoms with Crippen molar-refractivity contribution < 1.29 is 9.53 Å². The number of benzene rings is 1. The second kappa shape index (κ2) is 6.94. The van der Waals surface area contributed by atoms with Crippen molar-refractivity contribution in [2.75, 3.05) is 19.6 Å². The molecule has 1 fully saturated rings. The van der Waals surface area contributed by atoms with Crippen LogP contribution in [0.15, 0.2) is 30.3 Å². The van der Waals surface area contributed by atoms with Gasteiger partial charge in [0.2, 0.25) is 5.91 Å². The van der Waals surface area contributed by atoms with E-state index in [1.807, 2.05) is 35.2 Å². The van der Waals surface area contributed by atoms with Crippen LogP contribution in [0.2, 0.25) is 0 Å². The van der Waals surface area contributed by atoms with Gasteiger partial charge in [-0.15, -0.1) is 0 Å². The number of carbonyl (C=O) groups excluding carboxylic acids is 1. The van der Waals surface area contributed by atoms with Crippen LogP contribution in [-0.4, -0.2) is 42.1 Å². The van der Waals surface area contributed by atoms with Crippen LogP contribution in [-0.2, 0) is 4.79 Å². The van der Waals surface area contributed by atoms with Crippen LogP contribution in [0.1, 0.15) is 33.6 Å². The quantitative estimate of drug-likeness (QED) is 0.926. The summed E-state index contributed by atoms with van der Waals surface area (Å²) >= 11 is 0. The summed E-state index contributed by atoms with van der Waals surface area (Å²) in [5.74, 6) is 1.10. The summed E-state index contributed by atoms with van der Waals surface area (Å²) in [6.45, 7) is 8.18. The minimum atomic E-state index is -0.0234. The fraction of sp³-hybridized carbons (Fsp3) is 0.588. The summed E-state index contributed by atoms with van der Waals surface area (Å²) in [5, 5.41) is 3.25. The van der Waals surface area contributed by atoms with Crippen LogP contribution >= 0.6 is 0 Å². The zero-order valence-corrected chi connectivity index (χ0v) is 13.3. The molecular weight excluding hydrogens is 264 g/mol. The van der Waals surface area contributed by atoms with E-state index in [1.54, 1.807) is 0 Å². The molecule has 0 saturated carbocycles. The number of hydrogen-bond donors (Lipinski definition) is 1.